The van der Waals surface area contributed by atoms with Crippen molar-refractivity contribution in [3.05, 3.63) is 119 Å². The number of carboxylic acids is 1. The SMILES string of the molecule is Cc1cc(N(C)C)ccc1NCc1cccnc1.O=CNCc1cccnc1.O=Cc1ccc(C(=O)O)cc1C=O. The highest BCUT2D eigenvalue weighted by Crippen LogP contribution is 2.21. The largest absolute Gasteiger partial charge is 0.478 e. The van der Waals surface area contributed by atoms with Crippen LogP contribution in [0.15, 0.2) is 85.5 Å². The van der Waals surface area contributed by atoms with E-state index in [1.165, 1.54) is 40.7 Å². The van der Waals surface area contributed by atoms with Gasteiger partial charge in [-0.15, -0.1) is 0 Å². The highest BCUT2D eigenvalue weighted by atomic mass is 16.4. The van der Waals surface area contributed by atoms with E-state index in [0.29, 0.717) is 25.5 Å². The minimum atomic E-state index is -1.12. The van der Waals surface area contributed by atoms with Crippen LogP contribution in [0.4, 0.5) is 11.4 Å². The van der Waals surface area contributed by atoms with E-state index in [1.807, 2.05) is 24.4 Å². The summed E-state index contributed by atoms with van der Waals surface area (Å²) in [5.74, 6) is -1.12. The van der Waals surface area contributed by atoms with Gasteiger partial charge in [-0.1, -0.05) is 18.2 Å². The van der Waals surface area contributed by atoms with E-state index in [9.17, 15) is 19.2 Å². The van der Waals surface area contributed by atoms with Crippen LogP contribution in [0.1, 0.15) is 47.8 Å². The first-order valence-electron chi connectivity index (χ1n) is 12.5. The number of carbonyl (C=O) groups is 4. The van der Waals surface area contributed by atoms with Gasteiger partial charge in [0.2, 0.25) is 6.41 Å². The number of aryl methyl sites for hydroxylation is 1. The van der Waals surface area contributed by atoms with Gasteiger partial charge in [-0.2, -0.15) is 0 Å². The van der Waals surface area contributed by atoms with Crippen LogP contribution in [-0.2, 0) is 17.9 Å². The number of aromatic carboxylic acids is 1. The van der Waals surface area contributed by atoms with Crippen LogP contribution in [0.5, 0.6) is 0 Å². The van der Waals surface area contributed by atoms with Crippen molar-refractivity contribution in [1.82, 2.24) is 15.3 Å². The molecule has 1 amide bonds. The molecule has 2 aromatic heterocycles. The molecule has 0 aliphatic heterocycles. The van der Waals surface area contributed by atoms with Crippen molar-refractivity contribution in [1.29, 1.82) is 0 Å². The number of amides is 1. The first-order valence-corrected chi connectivity index (χ1v) is 12.5. The number of nitrogens with zero attached hydrogens (tertiary/aromatic N) is 3. The molecule has 212 valence electrons. The standard InChI is InChI=1S/C15H19N3.C9H6O4.C7H8N2O/c1-12-9-14(18(2)3)6-7-15(12)17-11-13-5-4-8-16-10-13;10-4-7-2-1-6(9(12)13)3-8(7)5-11;10-6-9-5-7-2-1-3-8-4-7/h4-10,17H,11H2,1-3H3;1-5H,(H,12,13);1-4,6H,5H2,(H,9,10). The van der Waals surface area contributed by atoms with E-state index in [1.54, 1.807) is 18.6 Å². The van der Waals surface area contributed by atoms with Gasteiger partial charge < -0.3 is 20.6 Å². The lowest BCUT2D eigenvalue weighted by molar-refractivity contribution is -0.109. The summed E-state index contributed by atoms with van der Waals surface area (Å²) in [6, 6.07) is 18.0. The zero-order valence-corrected chi connectivity index (χ0v) is 23.2. The van der Waals surface area contributed by atoms with Crippen molar-refractivity contribution in [2.24, 2.45) is 0 Å². The Kier molecular flexibility index (Phi) is 13.4. The molecular formula is C31H33N5O5. The number of aldehydes is 2. The number of rotatable bonds is 10. The van der Waals surface area contributed by atoms with Crippen LogP contribution in [0.25, 0.3) is 0 Å². The van der Waals surface area contributed by atoms with Gasteiger partial charge in [0.15, 0.2) is 12.6 Å². The molecule has 0 saturated carbocycles. The van der Waals surface area contributed by atoms with Crippen molar-refractivity contribution in [2.75, 3.05) is 24.3 Å². The van der Waals surface area contributed by atoms with Gasteiger partial charge in [0, 0.05) is 74.5 Å². The van der Waals surface area contributed by atoms with Gasteiger partial charge in [0.1, 0.15) is 0 Å². The van der Waals surface area contributed by atoms with Crippen LogP contribution >= 0.6 is 0 Å². The molecule has 4 aromatic rings. The van der Waals surface area contributed by atoms with E-state index in [2.05, 4.69) is 70.8 Å². The van der Waals surface area contributed by atoms with Gasteiger partial charge in [-0.25, -0.2) is 4.79 Å². The third-order valence-corrected chi connectivity index (χ3v) is 5.63. The Bertz CT molecular complexity index is 1410. The summed E-state index contributed by atoms with van der Waals surface area (Å²) >= 11 is 0. The zero-order chi connectivity index (χ0) is 30.0. The monoisotopic (exact) mass is 555 g/mol. The second-order valence-electron chi connectivity index (χ2n) is 8.85. The molecule has 0 aliphatic carbocycles. The van der Waals surface area contributed by atoms with E-state index in [-0.39, 0.29) is 16.7 Å². The fourth-order valence-corrected chi connectivity index (χ4v) is 3.40. The highest BCUT2D eigenvalue weighted by Gasteiger charge is 2.06. The molecule has 10 heteroatoms. The summed E-state index contributed by atoms with van der Waals surface area (Å²) in [7, 11) is 4.11. The third-order valence-electron chi connectivity index (χ3n) is 5.63. The summed E-state index contributed by atoms with van der Waals surface area (Å²) in [5.41, 5.74) is 6.12. The van der Waals surface area contributed by atoms with E-state index < -0.39 is 5.97 Å². The summed E-state index contributed by atoms with van der Waals surface area (Å²) in [6.07, 6.45) is 8.73. The molecule has 2 aromatic carbocycles. The third kappa shape index (κ3) is 11.1. The molecule has 0 aliphatic rings. The summed E-state index contributed by atoms with van der Waals surface area (Å²) in [4.78, 5) is 51.2. The Morgan fingerprint density at radius 2 is 1.49 bits per heavy atom. The van der Waals surface area contributed by atoms with Crippen molar-refractivity contribution in [3.8, 4) is 0 Å². The minimum absolute atomic E-state index is 0.00676. The number of carboxylic acid groups (broad SMARTS) is 1. The Labute approximate surface area is 239 Å². The Hall–Kier alpha value is -5.38. The predicted octanol–water partition coefficient (Wildman–Crippen LogP) is 4.41. The molecule has 0 bridgehead atoms. The smallest absolute Gasteiger partial charge is 0.335 e. The molecule has 0 unspecified atom stereocenters. The van der Waals surface area contributed by atoms with Crippen LogP contribution in [0.3, 0.4) is 0 Å². The second kappa shape index (κ2) is 17.3. The normalized spacial score (nSPS) is 9.54. The first-order chi connectivity index (χ1) is 19.8. The molecule has 0 atom stereocenters. The molecule has 41 heavy (non-hydrogen) atoms. The fourth-order valence-electron chi connectivity index (χ4n) is 3.40. The maximum atomic E-state index is 10.5. The maximum Gasteiger partial charge on any atom is 0.335 e. The Morgan fingerprint density at radius 3 is 1.98 bits per heavy atom. The number of nitrogens with one attached hydrogen (secondary N) is 2. The summed E-state index contributed by atoms with van der Waals surface area (Å²) < 4.78 is 0. The van der Waals surface area contributed by atoms with E-state index in [4.69, 9.17) is 5.11 Å². The summed E-state index contributed by atoms with van der Waals surface area (Å²) in [5, 5.41) is 14.5. The lowest BCUT2D eigenvalue weighted by Gasteiger charge is -2.16. The predicted molar refractivity (Wildman–Crippen MR) is 158 cm³/mol. The number of carbonyl (C=O) groups excluding carboxylic acids is 3. The Morgan fingerprint density at radius 1 is 0.854 bits per heavy atom. The molecule has 0 radical (unpaired) electrons. The van der Waals surface area contributed by atoms with E-state index in [0.717, 1.165) is 12.1 Å². The van der Waals surface area contributed by atoms with Crippen LogP contribution < -0.4 is 15.5 Å². The Balaban J connectivity index is 0.000000226. The van der Waals surface area contributed by atoms with Gasteiger partial charge in [0.05, 0.1) is 5.56 Å². The molecule has 0 saturated heterocycles. The van der Waals surface area contributed by atoms with Crippen molar-refractivity contribution in [2.45, 2.75) is 20.0 Å². The maximum absolute atomic E-state index is 10.5. The lowest BCUT2D eigenvalue weighted by Crippen LogP contribution is -2.09. The van der Waals surface area contributed by atoms with Gasteiger partial charge in [-0.05, 0) is 66.1 Å². The van der Waals surface area contributed by atoms with Crippen LogP contribution in [0, 0.1) is 6.92 Å². The van der Waals surface area contributed by atoms with Crippen LogP contribution in [-0.4, -0.2) is 54.1 Å². The molecule has 3 N–H and O–H groups in total. The number of aromatic nitrogens is 2. The van der Waals surface area contributed by atoms with Crippen LogP contribution in [0.2, 0.25) is 0 Å². The molecule has 4 rings (SSSR count). The zero-order valence-electron chi connectivity index (χ0n) is 23.2. The molecule has 0 spiro atoms. The van der Waals surface area contributed by atoms with E-state index >= 15 is 0 Å². The first kappa shape index (κ1) is 31.8. The van der Waals surface area contributed by atoms with Gasteiger partial charge in [0.25, 0.3) is 0 Å². The molecule has 2 heterocycles. The number of anilines is 2. The number of hydrogen-bond acceptors (Lipinski definition) is 8. The topological polar surface area (TPSA) is 142 Å². The summed E-state index contributed by atoms with van der Waals surface area (Å²) in [6.45, 7) is 3.48. The van der Waals surface area contributed by atoms with Crippen molar-refractivity contribution < 1.29 is 24.3 Å². The average molecular weight is 556 g/mol. The molecule has 0 fully saturated rings. The second-order valence-corrected chi connectivity index (χ2v) is 8.85. The van der Waals surface area contributed by atoms with Gasteiger partial charge in [-0.3, -0.25) is 24.4 Å². The number of benzene rings is 2. The molecular weight excluding hydrogens is 522 g/mol. The van der Waals surface area contributed by atoms with Crippen molar-refractivity contribution in [3.63, 3.8) is 0 Å². The number of hydrogen-bond donors (Lipinski definition) is 3. The lowest BCUT2D eigenvalue weighted by atomic mass is 10.1. The van der Waals surface area contributed by atoms with Crippen molar-refractivity contribution >= 4 is 36.3 Å². The average Bonchev–Trinajstić information content (AvgIpc) is 3.00. The highest BCUT2D eigenvalue weighted by molar-refractivity contribution is 5.95. The van der Waals surface area contributed by atoms with Gasteiger partial charge >= 0.3 is 5.97 Å². The number of pyridine rings is 2. The quantitative estimate of drug-likeness (QED) is 0.243. The molecule has 10 nitrogen and oxygen atoms in total. The fraction of sp³-hybridized carbons (Fsp3) is 0.161. The minimum Gasteiger partial charge on any atom is -0.478 e.